The first-order valence-corrected chi connectivity index (χ1v) is 5.40. The van der Waals surface area contributed by atoms with Gasteiger partial charge in [-0.1, -0.05) is 0 Å². The fourth-order valence-corrected chi connectivity index (χ4v) is 2.40. The summed E-state index contributed by atoms with van der Waals surface area (Å²) in [5, 5.41) is 0. The highest BCUT2D eigenvalue weighted by Gasteiger charge is 2.22. The first-order chi connectivity index (χ1) is 6.70. The Labute approximate surface area is 90.4 Å². The van der Waals surface area contributed by atoms with Crippen LogP contribution in [-0.4, -0.2) is 6.29 Å². The van der Waals surface area contributed by atoms with Gasteiger partial charge < -0.3 is 4.79 Å². The van der Waals surface area contributed by atoms with Crippen molar-refractivity contribution in [3.8, 4) is 0 Å². The Hall–Kier alpha value is -0.700. The average molecular weight is 257 g/mol. The van der Waals surface area contributed by atoms with Gasteiger partial charge in [0.25, 0.3) is 0 Å². The smallest absolute Gasteiger partial charge is 0.137 e. The average Bonchev–Trinajstić information content (AvgIpc) is 2.48. The number of hydrogen-bond donors (Lipinski definition) is 0. The van der Waals surface area contributed by atoms with E-state index in [4.69, 9.17) is 0 Å². The first-order valence-electron chi connectivity index (χ1n) is 4.61. The highest BCUT2D eigenvalue weighted by Crippen LogP contribution is 2.31. The van der Waals surface area contributed by atoms with Crippen LogP contribution >= 0.6 is 15.9 Å². The van der Waals surface area contributed by atoms with Crippen molar-refractivity contribution < 1.29 is 9.18 Å². The molecule has 1 aromatic carbocycles. The minimum atomic E-state index is -0.212. The lowest BCUT2D eigenvalue weighted by molar-refractivity contribution is -0.108. The molecule has 14 heavy (non-hydrogen) atoms. The molecule has 1 aliphatic carbocycles. The van der Waals surface area contributed by atoms with Crippen LogP contribution in [0.2, 0.25) is 0 Å². The van der Waals surface area contributed by atoms with Gasteiger partial charge >= 0.3 is 0 Å². The summed E-state index contributed by atoms with van der Waals surface area (Å²) in [7, 11) is 0. The van der Waals surface area contributed by atoms with E-state index in [0.717, 1.165) is 24.7 Å². The quantitative estimate of drug-likeness (QED) is 0.744. The van der Waals surface area contributed by atoms with Gasteiger partial charge in [0, 0.05) is 6.42 Å². The van der Waals surface area contributed by atoms with Crippen LogP contribution in [0, 0.1) is 11.7 Å². The van der Waals surface area contributed by atoms with Crippen LogP contribution < -0.4 is 0 Å². The van der Waals surface area contributed by atoms with Crippen molar-refractivity contribution >= 4 is 22.2 Å². The molecule has 1 unspecified atom stereocenters. The van der Waals surface area contributed by atoms with Gasteiger partial charge in [0.15, 0.2) is 0 Å². The summed E-state index contributed by atoms with van der Waals surface area (Å²) < 4.78 is 13.7. The van der Waals surface area contributed by atoms with Crippen LogP contribution in [-0.2, 0) is 17.6 Å². The Morgan fingerprint density at radius 2 is 2.07 bits per heavy atom. The van der Waals surface area contributed by atoms with Crippen LogP contribution in [0.25, 0.3) is 0 Å². The molecular formula is C11H10BrFO. The van der Waals surface area contributed by atoms with Gasteiger partial charge in [-0.3, -0.25) is 0 Å². The van der Waals surface area contributed by atoms with Gasteiger partial charge in [-0.15, -0.1) is 0 Å². The van der Waals surface area contributed by atoms with Gasteiger partial charge in [-0.25, -0.2) is 4.39 Å². The SMILES string of the molecule is O=CCC1Cc2cc(F)c(Br)cc2C1. The van der Waals surface area contributed by atoms with E-state index in [9.17, 15) is 9.18 Å². The molecule has 1 atom stereocenters. The molecule has 0 spiro atoms. The Balaban J connectivity index is 2.27. The van der Waals surface area contributed by atoms with Crippen LogP contribution in [0.4, 0.5) is 4.39 Å². The molecule has 0 amide bonds. The predicted molar refractivity (Wildman–Crippen MR) is 55.7 cm³/mol. The fourth-order valence-electron chi connectivity index (χ4n) is 2.01. The van der Waals surface area contributed by atoms with Crippen LogP contribution in [0.5, 0.6) is 0 Å². The van der Waals surface area contributed by atoms with Gasteiger partial charge in [0.2, 0.25) is 0 Å². The molecule has 3 heteroatoms. The number of carbonyl (C=O) groups is 1. The van der Waals surface area contributed by atoms with Gasteiger partial charge in [0.1, 0.15) is 12.1 Å². The number of fused-ring (bicyclic) bond motifs is 1. The van der Waals surface area contributed by atoms with E-state index in [1.54, 1.807) is 6.07 Å². The third-order valence-corrected chi connectivity index (χ3v) is 3.30. The van der Waals surface area contributed by atoms with Gasteiger partial charge in [0.05, 0.1) is 4.47 Å². The van der Waals surface area contributed by atoms with Crippen LogP contribution in [0.1, 0.15) is 17.5 Å². The summed E-state index contributed by atoms with van der Waals surface area (Å²) in [5.41, 5.74) is 2.22. The molecule has 74 valence electrons. The highest BCUT2D eigenvalue weighted by molar-refractivity contribution is 9.10. The van der Waals surface area contributed by atoms with E-state index < -0.39 is 0 Å². The molecule has 0 bridgehead atoms. The molecule has 1 aliphatic rings. The fraction of sp³-hybridized carbons (Fsp3) is 0.364. The number of hydrogen-bond acceptors (Lipinski definition) is 1. The predicted octanol–water partition coefficient (Wildman–Crippen LogP) is 2.89. The Morgan fingerprint density at radius 1 is 1.43 bits per heavy atom. The van der Waals surface area contributed by atoms with Gasteiger partial charge in [-0.2, -0.15) is 0 Å². The maximum atomic E-state index is 13.2. The summed E-state index contributed by atoms with van der Waals surface area (Å²) in [4.78, 5) is 10.4. The molecule has 0 fully saturated rings. The Morgan fingerprint density at radius 3 is 2.71 bits per heavy atom. The zero-order valence-corrected chi connectivity index (χ0v) is 9.18. The van der Waals surface area contributed by atoms with E-state index in [-0.39, 0.29) is 5.82 Å². The number of carbonyl (C=O) groups excluding carboxylic acids is 1. The van der Waals surface area contributed by atoms with Crippen molar-refractivity contribution in [1.82, 2.24) is 0 Å². The highest BCUT2D eigenvalue weighted by atomic mass is 79.9. The lowest BCUT2D eigenvalue weighted by Crippen LogP contribution is -1.99. The van der Waals surface area contributed by atoms with Crippen molar-refractivity contribution in [3.05, 3.63) is 33.5 Å². The zero-order valence-electron chi connectivity index (χ0n) is 7.59. The lowest BCUT2D eigenvalue weighted by Gasteiger charge is -2.00. The van der Waals surface area contributed by atoms with Gasteiger partial charge in [-0.05, 0) is 57.9 Å². The summed E-state index contributed by atoms with van der Waals surface area (Å²) in [5.74, 6) is 0.159. The van der Waals surface area contributed by atoms with E-state index >= 15 is 0 Å². The maximum Gasteiger partial charge on any atom is 0.137 e. The third kappa shape index (κ3) is 1.73. The van der Waals surface area contributed by atoms with Crippen molar-refractivity contribution in [1.29, 1.82) is 0 Å². The first kappa shape index (κ1) is 9.84. The second-order valence-electron chi connectivity index (χ2n) is 3.71. The molecule has 0 aliphatic heterocycles. The molecule has 0 heterocycles. The van der Waals surface area contributed by atoms with Crippen molar-refractivity contribution in [2.45, 2.75) is 19.3 Å². The molecule has 0 radical (unpaired) electrons. The molecule has 0 saturated heterocycles. The van der Waals surface area contributed by atoms with E-state index in [1.165, 1.54) is 5.56 Å². The van der Waals surface area contributed by atoms with E-state index in [0.29, 0.717) is 16.8 Å². The molecule has 0 aromatic heterocycles. The number of halogens is 2. The normalized spacial score (nSPS) is 19.4. The zero-order chi connectivity index (χ0) is 10.1. The minimum absolute atomic E-state index is 0.212. The summed E-state index contributed by atoms with van der Waals surface area (Å²) >= 11 is 3.16. The van der Waals surface area contributed by atoms with Crippen molar-refractivity contribution in [3.63, 3.8) is 0 Å². The standard InChI is InChI=1S/C11H10BrFO/c12-10-5-8-3-7(1-2-14)4-9(8)6-11(10)13/h2,5-7H,1,3-4H2. The molecule has 1 nitrogen and oxygen atoms in total. The summed E-state index contributed by atoms with van der Waals surface area (Å²) in [6, 6.07) is 3.40. The van der Waals surface area contributed by atoms with Crippen molar-refractivity contribution in [2.24, 2.45) is 5.92 Å². The van der Waals surface area contributed by atoms with E-state index in [1.807, 2.05) is 6.07 Å². The number of benzene rings is 1. The topological polar surface area (TPSA) is 17.1 Å². The minimum Gasteiger partial charge on any atom is -0.303 e. The van der Waals surface area contributed by atoms with Crippen LogP contribution in [0.3, 0.4) is 0 Å². The molecule has 2 rings (SSSR count). The lowest BCUT2D eigenvalue weighted by atomic mass is 10.0. The summed E-state index contributed by atoms with van der Waals surface area (Å²) in [6.45, 7) is 0. The van der Waals surface area contributed by atoms with Crippen molar-refractivity contribution in [2.75, 3.05) is 0 Å². The molecule has 0 saturated carbocycles. The second kappa shape index (κ2) is 3.81. The monoisotopic (exact) mass is 256 g/mol. The van der Waals surface area contributed by atoms with Crippen LogP contribution in [0.15, 0.2) is 16.6 Å². The Bertz CT molecular complexity index is 345. The second-order valence-corrected chi connectivity index (χ2v) is 4.57. The number of aldehydes is 1. The third-order valence-electron chi connectivity index (χ3n) is 2.69. The summed E-state index contributed by atoms with van der Waals surface area (Å²) in [6.07, 6.45) is 3.25. The molecule has 1 aromatic rings. The molecule has 0 N–H and O–H groups in total. The molecular weight excluding hydrogens is 247 g/mol. The largest absolute Gasteiger partial charge is 0.303 e. The number of rotatable bonds is 2. The van der Waals surface area contributed by atoms with E-state index in [2.05, 4.69) is 15.9 Å². The maximum absolute atomic E-state index is 13.2. The Kier molecular flexibility index (Phi) is 2.68.